The topological polar surface area (TPSA) is 0 Å². The smallest absolute Gasteiger partial charge is 0.145 e. The molecule has 0 spiro atoms. The SMILES string of the molecule is Cc1cc(C)c(B2c3ccsc3C=Cc3ccc4c5c(ccc4c32)C=Cc2sccc2B5c2c(C)cc(C)cc2C)c(C)c1. The second-order valence-corrected chi connectivity index (χ2v) is 14.8. The van der Waals surface area contributed by atoms with Crippen molar-refractivity contribution in [2.24, 2.45) is 0 Å². The number of aryl methyl sites for hydroxylation is 6. The van der Waals surface area contributed by atoms with Gasteiger partial charge in [-0.05, 0) is 86.4 Å². The zero-order chi connectivity index (χ0) is 30.3. The fraction of sp³-hybridized carbons (Fsp3) is 0.150. The van der Waals surface area contributed by atoms with Gasteiger partial charge in [0.05, 0.1) is 0 Å². The second kappa shape index (κ2) is 10.4. The highest BCUT2D eigenvalue weighted by atomic mass is 32.1. The van der Waals surface area contributed by atoms with Crippen LogP contribution in [0.3, 0.4) is 0 Å². The van der Waals surface area contributed by atoms with Crippen molar-refractivity contribution < 1.29 is 0 Å². The summed E-state index contributed by atoms with van der Waals surface area (Å²) in [6.45, 7) is 14.0. The van der Waals surface area contributed by atoms with Crippen molar-refractivity contribution in [1.82, 2.24) is 0 Å². The lowest BCUT2D eigenvalue weighted by molar-refractivity contribution is 1.35. The average molecular weight is 600 g/mol. The van der Waals surface area contributed by atoms with Crippen molar-refractivity contribution in [3.63, 3.8) is 0 Å². The van der Waals surface area contributed by atoms with E-state index >= 15 is 0 Å². The summed E-state index contributed by atoms with van der Waals surface area (Å²) in [5.74, 6) is 0. The third kappa shape index (κ3) is 4.19. The van der Waals surface area contributed by atoms with Crippen molar-refractivity contribution >= 4 is 104 Å². The molecule has 8 rings (SSSR count). The van der Waals surface area contributed by atoms with E-state index in [2.05, 4.69) is 137 Å². The standard InChI is InChI=1S/C40H34B2S2/c1-23-19-25(3)37(26(4)20-23)41-33-15-17-43-35(33)13-9-29-7-12-32-31(39(29)41)11-8-30-10-14-36-34(16-18-44-36)42(40(30)32)38-27(5)21-24(2)22-28(38)6/h7-22H,1-6H3. The fourth-order valence-electron chi connectivity index (χ4n) is 8.37. The molecule has 0 radical (unpaired) electrons. The first-order chi connectivity index (χ1) is 21.3. The molecule has 0 bridgehead atoms. The minimum atomic E-state index is 0.169. The maximum atomic E-state index is 2.42. The molecule has 2 aromatic heterocycles. The van der Waals surface area contributed by atoms with Gasteiger partial charge in [-0.1, -0.05) is 139 Å². The third-order valence-electron chi connectivity index (χ3n) is 9.89. The molecule has 2 aliphatic heterocycles. The zero-order valence-electron chi connectivity index (χ0n) is 26.2. The van der Waals surface area contributed by atoms with Gasteiger partial charge in [-0.25, -0.2) is 0 Å². The number of hydrogen-bond acceptors (Lipinski definition) is 2. The Kier molecular flexibility index (Phi) is 6.52. The van der Waals surface area contributed by atoms with E-state index in [9.17, 15) is 0 Å². The van der Waals surface area contributed by atoms with E-state index in [1.54, 1.807) is 0 Å². The van der Waals surface area contributed by atoms with Gasteiger partial charge in [0, 0.05) is 9.75 Å². The summed E-state index contributed by atoms with van der Waals surface area (Å²) in [5.41, 5.74) is 19.4. The van der Waals surface area contributed by atoms with Crippen LogP contribution >= 0.6 is 22.7 Å². The molecule has 6 aromatic rings. The van der Waals surface area contributed by atoms with Crippen LogP contribution in [0.15, 0.2) is 71.4 Å². The first kappa shape index (κ1) is 27.7. The van der Waals surface area contributed by atoms with E-state index in [-0.39, 0.29) is 13.4 Å². The van der Waals surface area contributed by atoms with Gasteiger partial charge in [0.2, 0.25) is 13.4 Å². The van der Waals surface area contributed by atoms with Gasteiger partial charge in [-0.2, -0.15) is 0 Å². The van der Waals surface area contributed by atoms with E-state index in [0.29, 0.717) is 0 Å². The predicted octanol–water partition coefficient (Wildman–Crippen LogP) is 6.81. The monoisotopic (exact) mass is 600 g/mol. The Morgan fingerprint density at radius 2 is 0.818 bits per heavy atom. The molecule has 0 fully saturated rings. The molecule has 4 heterocycles. The van der Waals surface area contributed by atoms with Crippen LogP contribution in [0.1, 0.15) is 54.3 Å². The average Bonchev–Trinajstić information content (AvgIpc) is 3.57. The summed E-state index contributed by atoms with van der Waals surface area (Å²) in [4.78, 5) is 2.73. The molecule has 0 N–H and O–H groups in total. The Balaban J connectivity index is 1.49. The minimum Gasteiger partial charge on any atom is -0.145 e. The zero-order valence-corrected chi connectivity index (χ0v) is 27.8. The Bertz CT molecular complexity index is 2000. The van der Waals surface area contributed by atoms with Gasteiger partial charge < -0.3 is 0 Å². The molecular weight excluding hydrogens is 566 g/mol. The highest BCUT2D eigenvalue weighted by molar-refractivity contribution is 7.15. The highest BCUT2D eigenvalue weighted by Crippen LogP contribution is 2.27. The number of rotatable bonds is 2. The molecule has 212 valence electrons. The van der Waals surface area contributed by atoms with E-state index in [0.717, 1.165) is 0 Å². The van der Waals surface area contributed by atoms with E-state index in [1.807, 2.05) is 22.7 Å². The minimum absolute atomic E-state index is 0.169. The van der Waals surface area contributed by atoms with Crippen LogP contribution in [0.4, 0.5) is 0 Å². The molecule has 0 atom stereocenters. The van der Waals surface area contributed by atoms with E-state index in [4.69, 9.17) is 0 Å². The molecule has 4 heteroatoms. The Morgan fingerprint density at radius 1 is 0.432 bits per heavy atom. The van der Waals surface area contributed by atoms with Gasteiger partial charge in [0.25, 0.3) is 0 Å². The largest absolute Gasteiger partial charge is 0.245 e. The summed E-state index contributed by atoms with van der Waals surface area (Å²) in [5, 5.41) is 7.28. The maximum Gasteiger partial charge on any atom is 0.245 e. The second-order valence-electron chi connectivity index (χ2n) is 12.9. The van der Waals surface area contributed by atoms with Crippen LogP contribution in [0, 0.1) is 41.5 Å². The summed E-state index contributed by atoms with van der Waals surface area (Å²) >= 11 is 3.71. The number of hydrogen-bond donors (Lipinski definition) is 0. The molecule has 0 nitrogen and oxygen atoms in total. The Labute approximate surface area is 270 Å². The normalized spacial score (nSPS) is 13.4. The van der Waals surface area contributed by atoms with Gasteiger partial charge in [-0.3, -0.25) is 0 Å². The van der Waals surface area contributed by atoms with Crippen molar-refractivity contribution in [2.45, 2.75) is 41.5 Å². The number of fused-ring (bicyclic) bond motifs is 7. The summed E-state index contributed by atoms with van der Waals surface area (Å²) < 4.78 is 0. The summed E-state index contributed by atoms with van der Waals surface area (Å²) in [6, 6.07) is 23.8. The van der Waals surface area contributed by atoms with Crippen LogP contribution in [0.5, 0.6) is 0 Å². The Morgan fingerprint density at radius 3 is 1.20 bits per heavy atom. The van der Waals surface area contributed by atoms with Gasteiger partial charge in [0.1, 0.15) is 0 Å². The lowest BCUT2D eigenvalue weighted by Crippen LogP contribution is -2.56. The lowest BCUT2D eigenvalue weighted by Gasteiger charge is -2.26. The van der Waals surface area contributed by atoms with Crippen LogP contribution < -0.4 is 32.8 Å². The first-order valence-corrected chi connectivity index (χ1v) is 17.3. The molecule has 4 aromatic carbocycles. The molecule has 0 saturated carbocycles. The molecule has 0 saturated heterocycles. The molecule has 0 unspecified atom stereocenters. The molecule has 0 aliphatic carbocycles. The predicted molar refractivity (Wildman–Crippen MR) is 201 cm³/mol. The number of thiophene rings is 2. The van der Waals surface area contributed by atoms with Crippen molar-refractivity contribution in [1.29, 1.82) is 0 Å². The summed E-state index contributed by atoms with van der Waals surface area (Å²) in [6.07, 6.45) is 9.40. The van der Waals surface area contributed by atoms with E-state index in [1.165, 1.54) is 97.8 Å². The van der Waals surface area contributed by atoms with Gasteiger partial charge in [0.15, 0.2) is 0 Å². The van der Waals surface area contributed by atoms with Crippen molar-refractivity contribution in [2.75, 3.05) is 0 Å². The lowest BCUT2D eigenvalue weighted by atomic mass is 9.33. The first-order valence-electron chi connectivity index (χ1n) is 15.6. The molecule has 2 aliphatic rings. The molecular formula is C40H34B2S2. The maximum absolute atomic E-state index is 2.42. The molecule has 0 amide bonds. The Hall–Kier alpha value is -3.85. The van der Waals surface area contributed by atoms with Gasteiger partial charge in [-0.15, -0.1) is 22.7 Å². The molecule has 44 heavy (non-hydrogen) atoms. The van der Waals surface area contributed by atoms with E-state index < -0.39 is 0 Å². The quantitative estimate of drug-likeness (QED) is 0.191. The van der Waals surface area contributed by atoms with Crippen molar-refractivity contribution in [3.8, 4) is 0 Å². The van der Waals surface area contributed by atoms with Crippen LogP contribution in [-0.4, -0.2) is 13.4 Å². The fourth-order valence-corrected chi connectivity index (χ4v) is 10.0. The van der Waals surface area contributed by atoms with Crippen molar-refractivity contribution in [3.05, 3.63) is 126 Å². The van der Waals surface area contributed by atoms with Gasteiger partial charge >= 0.3 is 0 Å². The summed E-state index contributed by atoms with van der Waals surface area (Å²) in [7, 11) is 0. The van der Waals surface area contributed by atoms with Crippen LogP contribution in [0.25, 0.3) is 35.1 Å². The van der Waals surface area contributed by atoms with Crippen LogP contribution in [0.2, 0.25) is 0 Å². The highest BCUT2D eigenvalue weighted by Gasteiger charge is 2.36. The number of benzene rings is 4. The van der Waals surface area contributed by atoms with Crippen LogP contribution in [-0.2, 0) is 0 Å². The third-order valence-corrected chi connectivity index (χ3v) is 11.7.